The topological polar surface area (TPSA) is 102 Å². The summed E-state index contributed by atoms with van der Waals surface area (Å²) in [4.78, 5) is 40.5. The number of aromatic nitrogens is 2. The summed E-state index contributed by atoms with van der Waals surface area (Å²) >= 11 is 3.33. The molecular formula is C20H19BrN4O4. The molecule has 2 N–H and O–H groups in total. The van der Waals surface area contributed by atoms with Crippen molar-refractivity contribution in [3.8, 4) is 5.75 Å². The molecule has 0 aliphatic rings. The summed E-state index contributed by atoms with van der Waals surface area (Å²) < 4.78 is 7.49. The van der Waals surface area contributed by atoms with Crippen LogP contribution in [-0.4, -0.2) is 28.0 Å². The van der Waals surface area contributed by atoms with Gasteiger partial charge in [0, 0.05) is 17.4 Å². The molecule has 0 spiro atoms. The van der Waals surface area contributed by atoms with Crippen LogP contribution in [0.1, 0.15) is 12.0 Å². The third-order valence-electron chi connectivity index (χ3n) is 4.07. The van der Waals surface area contributed by atoms with Crippen LogP contribution in [0.5, 0.6) is 5.75 Å². The second-order valence-electron chi connectivity index (χ2n) is 6.36. The summed E-state index contributed by atoms with van der Waals surface area (Å²) in [6.07, 6.45) is 1.40. The van der Waals surface area contributed by atoms with E-state index in [1.807, 2.05) is 19.1 Å². The highest BCUT2D eigenvalue weighted by molar-refractivity contribution is 9.10. The molecule has 0 bridgehead atoms. The Bertz CT molecular complexity index is 1110. The van der Waals surface area contributed by atoms with Crippen LogP contribution in [0, 0.1) is 6.92 Å². The van der Waals surface area contributed by atoms with E-state index in [9.17, 15) is 14.4 Å². The van der Waals surface area contributed by atoms with Crippen molar-refractivity contribution in [2.24, 2.45) is 0 Å². The van der Waals surface area contributed by atoms with Gasteiger partial charge in [0.05, 0.1) is 17.2 Å². The molecule has 0 saturated heterocycles. The Labute approximate surface area is 175 Å². The van der Waals surface area contributed by atoms with Gasteiger partial charge in [-0.2, -0.15) is 0 Å². The van der Waals surface area contributed by atoms with Gasteiger partial charge in [-0.15, -0.1) is 0 Å². The maximum Gasteiger partial charge on any atom is 0.276 e. The van der Waals surface area contributed by atoms with Gasteiger partial charge in [0.15, 0.2) is 6.61 Å². The van der Waals surface area contributed by atoms with Gasteiger partial charge in [-0.1, -0.05) is 28.1 Å². The Kier molecular flexibility index (Phi) is 6.61. The number of rotatable bonds is 6. The number of fused-ring (bicyclic) bond motifs is 1. The summed E-state index contributed by atoms with van der Waals surface area (Å²) in [5, 5.41) is 0.462. The predicted molar refractivity (Wildman–Crippen MR) is 111 cm³/mol. The molecule has 150 valence electrons. The standard InChI is InChI=1S/C20H19BrN4O4/c1-13-3-2-4-15(9-13)29-11-19(27)24-23-18(26)7-8-25-12-22-17-6-5-14(21)10-16(17)20(25)28/h2-6,9-10,12H,7-8,11H2,1H3,(H,23,26)(H,24,27). The number of carbonyl (C=O) groups excluding carboxylic acids is 2. The molecule has 3 rings (SSSR count). The molecule has 3 aromatic rings. The lowest BCUT2D eigenvalue weighted by molar-refractivity contribution is -0.130. The van der Waals surface area contributed by atoms with Crippen molar-refractivity contribution >= 4 is 38.6 Å². The molecule has 9 heteroatoms. The summed E-state index contributed by atoms with van der Waals surface area (Å²) in [5.74, 6) is -0.356. The SMILES string of the molecule is Cc1cccc(OCC(=O)NNC(=O)CCn2cnc3ccc(Br)cc3c2=O)c1. The molecule has 1 heterocycles. The first-order valence-electron chi connectivity index (χ1n) is 8.84. The van der Waals surface area contributed by atoms with E-state index in [-0.39, 0.29) is 25.1 Å². The van der Waals surface area contributed by atoms with E-state index in [2.05, 4.69) is 31.8 Å². The highest BCUT2D eigenvalue weighted by Gasteiger charge is 2.09. The van der Waals surface area contributed by atoms with Crippen LogP contribution in [0.4, 0.5) is 0 Å². The number of benzene rings is 2. The number of carbonyl (C=O) groups is 2. The van der Waals surface area contributed by atoms with Gasteiger partial charge < -0.3 is 4.74 Å². The van der Waals surface area contributed by atoms with Crippen molar-refractivity contribution in [1.82, 2.24) is 20.4 Å². The normalized spacial score (nSPS) is 10.6. The fourth-order valence-corrected chi connectivity index (χ4v) is 2.97. The minimum atomic E-state index is -0.491. The van der Waals surface area contributed by atoms with Gasteiger partial charge in [-0.05, 0) is 42.8 Å². The van der Waals surface area contributed by atoms with Gasteiger partial charge in [0.25, 0.3) is 11.5 Å². The van der Waals surface area contributed by atoms with E-state index in [4.69, 9.17) is 4.74 Å². The number of hydrazine groups is 1. The Morgan fingerprint density at radius 1 is 1.14 bits per heavy atom. The maximum atomic E-state index is 12.5. The maximum absolute atomic E-state index is 12.5. The molecule has 0 saturated carbocycles. The van der Waals surface area contributed by atoms with Crippen LogP contribution in [0.25, 0.3) is 10.9 Å². The second kappa shape index (κ2) is 9.33. The summed E-state index contributed by atoms with van der Waals surface area (Å²) in [7, 11) is 0. The molecule has 2 amide bonds. The molecular weight excluding hydrogens is 440 g/mol. The van der Waals surface area contributed by atoms with Crippen molar-refractivity contribution in [2.75, 3.05) is 6.61 Å². The zero-order valence-electron chi connectivity index (χ0n) is 15.6. The van der Waals surface area contributed by atoms with E-state index in [0.717, 1.165) is 10.0 Å². The molecule has 0 aliphatic heterocycles. The molecule has 0 fully saturated rings. The zero-order chi connectivity index (χ0) is 20.8. The molecule has 8 nitrogen and oxygen atoms in total. The number of halogens is 1. The summed E-state index contributed by atoms with van der Waals surface area (Å²) in [5.41, 5.74) is 5.95. The first-order chi connectivity index (χ1) is 13.9. The van der Waals surface area contributed by atoms with Gasteiger partial charge in [-0.25, -0.2) is 4.98 Å². The van der Waals surface area contributed by atoms with Crippen LogP contribution >= 0.6 is 15.9 Å². The number of amides is 2. The number of hydrogen-bond acceptors (Lipinski definition) is 5. The molecule has 2 aromatic carbocycles. The minimum Gasteiger partial charge on any atom is -0.484 e. The number of hydrogen-bond donors (Lipinski definition) is 2. The minimum absolute atomic E-state index is 0.000113. The molecule has 0 aliphatic carbocycles. The molecule has 0 atom stereocenters. The average Bonchev–Trinajstić information content (AvgIpc) is 2.70. The number of aryl methyl sites for hydroxylation is 2. The van der Waals surface area contributed by atoms with Crippen LogP contribution in [0.3, 0.4) is 0 Å². The smallest absolute Gasteiger partial charge is 0.276 e. The van der Waals surface area contributed by atoms with Gasteiger partial charge >= 0.3 is 0 Å². The van der Waals surface area contributed by atoms with Crippen molar-refractivity contribution in [2.45, 2.75) is 19.9 Å². The Morgan fingerprint density at radius 2 is 1.93 bits per heavy atom. The van der Waals surface area contributed by atoms with Crippen LogP contribution < -0.4 is 21.1 Å². The number of ether oxygens (including phenoxy) is 1. The van der Waals surface area contributed by atoms with E-state index in [0.29, 0.717) is 16.7 Å². The van der Waals surface area contributed by atoms with Crippen LogP contribution in [0.2, 0.25) is 0 Å². The average molecular weight is 459 g/mol. The van der Waals surface area contributed by atoms with E-state index in [1.54, 1.807) is 30.3 Å². The highest BCUT2D eigenvalue weighted by atomic mass is 79.9. The molecule has 29 heavy (non-hydrogen) atoms. The first kappa shape index (κ1) is 20.5. The quantitative estimate of drug-likeness (QED) is 0.550. The monoisotopic (exact) mass is 458 g/mol. The fraction of sp³-hybridized carbons (Fsp3) is 0.200. The summed E-state index contributed by atoms with van der Waals surface area (Å²) in [6.45, 7) is 1.82. The van der Waals surface area contributed by atoms with Gasteiger partial charge in [0.1, 0.15) is 5.75 Å². The Morgan fingerprint density at radius 3 is 2.72 bits per heavy atom. The van der Waals surface area contributed by atoms with Crippen LogP contribution in [-0.2, 0) is 16.1 Å². The van der Waals surface area contributed by atoms with Crippen molar-refractivity contribution in [3.05, 3.63) is 69.2 Å². The van der Waals surface area contributed by atoms with E-state index < -0.39 is 11.8 Å². The first-order valence-corrected chi connectivity index (χ1v) is 9.63. The number of nitrogens with zero attached hydrogens (tertiary/aromatic N) is 2. The predicted octanol–water partition coefficient (Wildman–Crippen LogP) is 2.08. The Hall–Kier alpha value is -3.20. The lowest BCUT2D eigenvalue weighted by atomic mass is 10.2. The van der Waals surface area contributed by atoms with Gasteiger partial charge in [-0.3, -0.25) is 29.8 Å². The third kappa shape index (κ3) is 5.64. The Balaban J connectivity index is 1.47. The highest BCUT2D eigenvalue weighted by Crippen LogP contribution is 2.15. The summed E-state index contributed by atoms with van der Waals surface area (Å²) in [6, 6.07) is 12.5. The largest absolute Gasteiger partial charge is 0.484 e. The van der Waals surface area contributed by atoms with E-state index in [1.165, 1.54) is 10.9 Å². The van der Waals surface area contributed by atoms with Crippen molar-refractivity contribution < 1.29 is 14.3 Å². The zero-order valence-corrected chi connectivity index (χ0v) is 17.2. The van der Waals surface area contributed by atoms with Crippen molar-refractivity contribution in [1.29, 1.82) is 0 Å². The lowest BCUT2D eigenvalue weighted by Crippen LogP contribution is -2.44. The molecule has 0 unspecified atom stereocenters. The molecule has 0 radical (unpaired) electrons. The fourth-order valence-electron chi connectivity index (χ4n) is 2.60. The van der Waals surface area contributed by atoms with Crippen LogP contribution in [0.15, 0.2) is 58.1 Å². The lowest BCUT2D eigenvalue weighted by Gasteiger charge is -2.10. The van der Waals surface area contributed by atoms with Crippen molar-refractivity contribution in [3.63, 3.8) is 0 Å². The second-order valence-corrected chi connectivity index (χ2v) is 7.27. The number of nitrogens with one attached hydrogen (secondary N) is 2. The van der Waals surface area contributed by atoms with E-state index >= 15 is 0 Å². The van der Waals surface area contributed by atoms with Gasteiger partial charge in [0.2, 0.25) is 5.91 Å². The third-order valence-corrected chi connectivity index (χ3v) is 4.56. The molecule has 1 aromatic heterocycles.